The Morgan fingerprint density at radius 1 is 1.47 bits per heavy atom. The maximum Gasteiger partial charge on any atom is 0.425 e. The van der Waals surface area contributed by atoms with E-state index in [0.29, 0.717) is 0 Å². The summed E-state index contributed by atoms with van der Waals surface area (Å²) in [7, 11) is 0. The number of rotatable bonds is 4. The summed E-state index contributed by atoms with van der Waals surface area (Å²) in [5.74, 6) is -1.55. The van der Waals surface area contributed by atoms with Crippen LogP contribution in [0.4, 0.5) is 13.2 Å². The molecule has 1 unspecified atom stereocenters. The number of hydrogen-bond acceptors (Lipinski definition) is 2. The molecule has 1 atom stereocenters. The average molecular weight is 248 g/mol. The first-order chi connectivity index (χ1) is 7.79. The van der Waals surface area contributed by atoms with E-state index in [0.717, 1.165) is 5.56 Å². The van der Waals surface area contributed by atoms with Crippen molar-refractivity contribution in [3.63, 3.8) is 0 Å². The number of aliphatic carboxylic acids is 1. The van der Waals surface area contributed by atoms with Gasteiger partial charge in [-0.25, -0.2) is 0 Å². The van der Waals surface area contributed by atoms with E-state index in [-0.39, 0.29) is 5.75 Å². The molecule has 0 aliphatic rings. The third kappa shape index (κ3) is 4.34. The van der Waals surface area contributed by atoms with E-state index in [1.807, 2.05) is 0 Å². The van der Waals surface area contributed by atoms with Crippen LogP contribution in [0.2, 0.25) is 0 Å². The predicted molar refractivity (Wildman–Crippen MR) is 53.9 cm³/mol. The van der Waals surface area contributed by atoms with E-state index in [1.54, 1.807) is 19.1 Å². The Labute approximate surface area is 95.8 Å². The van der Waals surface area contributed by atoms with E-state index in [4.69, 9.17) is 5.11 Å². The van der Waals surface area contributed by atoms with Gasteiger partial charge in [0.2, 0.25) is 6.10 Å². The van der Waals surface area contributed by atoms with Crippen molar-refractivity contribution in [1.29, 1.82) is 0 Å². The fourth-order valence-electron chi connectivity index (χ4n) is 1.24. The van der Waals surface area contributed by atoms with Crippen LogP contribution in [0.15, 0.2) is 24.3 Å². The maximum absolute atomic E-state index is 12.5. The first-order valence-electron chi connectivity index (χ1n) is 4.81. The molecule has 0 spiro atoms. The topological polar surface area (TPSA) is 46.5 Å². The lowest BCUT2D eigenvalue weighted by molar-refractivity contribution is -0.200. The highest BCUT2D eigenvalue weighted by molar-refractivity contribution is 5.67. The van der Waals surface area contributed by atoms with Crippen LogP contribution >= 0.6 is 0 Å². The van der Waals surface area contributed by atoms with Gasteiger partial charge in [0.15, 0.2) is 0 Å². The molecule has 0 saturated heterocycles. The molecule has 0 amide bonds. The van der Waals surface area contributed by atoms with Crippen molar-refractivity contribution in [2.75, 3.05) is 0 Å². The van der Waals surface area contributed by atoms with Gasteiger partial charge in [0.1, 0.15) is 5.75 Å². The summed E-state index contributed by atoms with van der Waals surface area (Å²) >= 11 is 0. The first-order valence-corrected chi connectivity index (χ1v) is 4.81. The number of ether oxygens (including phenoxy) is 1. The number of carbonyl (C=O) groups is 1. The fraction of sp³-hybridized carbons (Fsp3) is 0.364. The van der Waals surface area contributed by atoms with Crippen molar-refractivity contribution in [3.8, 4) is 5.75 Å². The molecule has 1 aromatic rings. The molecular formula is C11H11F3O3. The molecule has 0 heterocycles. The summed E-state index contributed by atoms with van der Waals surface area (Å²) in [5.41, 5.74) is 0.735. The summed E-state index contributed by atoms with van der Waals surface area (Å²) in [5, 5.41) is 8.40. The van der Waals surface area contributed by atoms with Gasteiger partial charge in [-0.05, 0) is 24.6 Å². The van der Waals surface area contributed by atoms with Crippen molar-refractivity contribution in [3.05, 3.63) is 29.8 Å². The molecular weight excluding hydrogens is 237 g/mol. The second-order valence-corrected chi connectivity index (χ2v) is 3.56. The molecule has 6 heteroatoms. The minimum atomic E-state index is -4.71. The van der Waals surface area contributed by atoms with Crippen molar-refractivity contribution in [1.82, 2.24) is 0 Å². The molecule has 0 radical (unpaired) electrons. The van der Waals surface area contributed by atoms with E-state index in [2.05, 4.69) is 4.74 Å². The molecule has 0 saturated carbocycles. The zero-order valence-electron chi connectivity index (χ0n) is 8.99. The lowest BCUT2D eigenvalue weighted by Gasteiger charge is -2.20. The lowest BCUT2D eigenvalue weighted by Crippen LogP contribution is -2.36. The minimum absolute atomic E-state index is 0.00794. The van der Waals surface area contributed by atoms with E-state index in [1.165, 1.54) is 12.1 Å². The number of halogens is 3. The quantitative estimate of drug-likeness (QED) is 0.891. The number of aryl methyl sites for hydroxylation is 1. The van der Waals surface area contributed by atoms with Gasteiger partial charge in [-0.3, -0.25) is 4.79 Å². The van der Waals surface area contributed by atoms with Crippen LogP contribution in [-0.2, 0) is 4.79 Å². The van der Waals surface area contributed by atoms with Crippen LogP contribution in [0.3, 0.4) is 0 Å². The molecule has 3 nitrogen and oxygen atoms in total. The number of hydrogen-bond donors (Lipinski definition) is 1. The van der Waals surface area contributed by atoms with Crippen molar-refractivity contribution < 1.29 is 27.8 Å². The monoisotopic (exact) mass is 248 g/mol. The number of carboxylic acids is 1. The highest BCUT2D eigenvalue weighted by Gasteiger charge is 2.43. The van der Waals surface area contributed by atoms with Gasteiger partial charge in [-0.15, -0.1) is 0 Å². The standard InChI is InChI=1S/C11H11F3O3/c1-7-3-2-4-8(5-7)17-9(6-10(15)16)11(12,13)14/h2-5,9H,6H2,1H3,(H,15,16). The van der Waals surface area contributed by atoms with Crippen LogP contribution < -0.4 is 4.74 Å². The lowest BCUT2D eigenvalue weighted by atomic mass is 10.2. The number of carboxylic acid groups (broad SMARTS) is 1. The number of benzene rings is 1. The molecule has 1 aromatic carbocycles. The molecule has 1 rings (SSSR count). The van der Waals surface area contributed by atoms with E-state index in [9.17, 15) is 18.0 Å². The average Bonchev–Trinajstić information content (AvgIpc) is 2.14. The highest BCUT2D eigenvalue weighted by Crippen LogP contribution is 2.27. The Balaban J connectivity index is 2.83. The van der Waals surface area contributed by atoms with Gasteiger partial charge in [0.25, 0.3) is 0 Å². The maximum atomic E-state index is 12.5. The molecule has 0 aromatic heterocycles. The minimum Gasteiger partial charge on any atom is -0.481 e. The van der Waals surface area contributed by atoms with Crippen molar-refractivity contribution in [2.45, 2.75) is 25.6 Å². The van der Waals surface area contributed by atoms with Crippen molar-refractivity contribution in [2.24, 2.45) is 0 Å². The number of alkyl halides is 3. The van der Waals surface area contributed by atoms with Crippen LogP contribution in [0, 0.1) is 6.92 Å². The van der Waals surface area contributed by atoms with Crippen molar-refractivity contribution >= 4 is 5.97 Å². The Morgan fingerprint density at radius 2 is 2.12 bits per heavy atom. The summed E-state index contributed by atoms with van der Waals surface area (Å²) in [4.78, 5) is 10.3. The molecule has 0 bridgehead atoms. The Morgan fingerprint density at radius 3 is 2.59 bits per heavy atom. The van der Waals surface area contributed by atoms with Gasteiger partial charge < -0.3 is 9.84 Å². The van der Waals surface area contributed by atoms with Crippen LogP contribution in [0.5, 0.6) is 5.75 Å². The normalized spacial score (nSPS) is 13.2. The van der Waals surface area contributed by atoms with Crippen LogP contribution in [0.1, 0.15) is 12.0 Å². The van der Waals surface area contributed by atoms with E-state index < -0.39 is 24.7 Å². The van der Waals surface area contributed by atoms with Gasteiger partial charge in [-0.2, -0.15) is 13.2 Å². The van der Waals surface area contributed by atoms with Gasteiger partial charge in [0, 0.05) is 0 Å². The first kappa shape index (κ1) is 13.3. The van der Waals surface area contributed by atoms with Gasteiger partial charge >= 0.3 is 12.1 Å². The molecule has 0 fully saturated rings. The molecule has 1 N–H and O–H groups in total. The Hall–Kier alpha value is -1.72. The molecule has 17 heavy (non-hydrogen) atoms. The van der Waals surface area contributed by atoms with E-state index >= 15 is 0 Å². The smallest absolute Gasteiger partial charge is 0.425 e. The summed E-state index contributed by atoms with van der Waals surface area (Å²) < 4.78 is 42.1. The summed E-state index contributed by atoms with van der Waals surface area (Å²) in [6.07, 6.45) is -8.15. The van der Waals surface area contributed by atoms with Gasteiger partial charge in [0.05, 0.1) is 6.42 Å². The largest absolute Gasteiger partial charge is 0.481 e. The third-order valence-corrected chi connectivity index (χ3v) is 1.99. The molecule has 0 aliphatic heterocycles. The fourth-order valence-corrected chi connectivity index (χ4v) is 1.24. The zero-order chi connectivity index (χ0) is 13.1. The van der Waals surface area contributed by atoms with Crippen LogP contribution in [0.25, 0.3) is 0 Å². The SMILES string of the molecule is Cc1cccc(OC(CC(=O)O)C(F)(F)F)c1. The second kappa shape index (κ2) is 5.07. The predicted octanol–water partition coefficient (Wildman–Crippen LogP) is 2.78. The van der Waals surface area contributed by atoms with Crippen LogP contribution in [-0.4, -0.2) is 23.4 Å². The summed E-state index contributed by atoms with van der Waals surface area (Å²) in [6.45, 7) is 1.70. The Bertz CT molecular complexity index is 401. The molecule has 94 valence electrons. The second-order valence-electron chi connectivity index (χ2n) is 3.56. The third-order valence-electron chi connectivity index (χ3n) is 1.99. The molecule has 0 aliphatic carbocycles. The van der Waals surface area contributed by atoms with Gasteiger partial charge in [-0.1, -0.05) is 12.1 Å². The zero-order valence-corrected chi connectivity index (χ0v) is 8.99. The summed E-state index contributed by atoms with van der Waals surface area (Å²) in [6, 6.07) is 6.01. The Kier molecular flexibility index (Phi) is 3.98. The highest BCUT2D eigenvalue weighted by atomic mass is 19.4.